The van der Waals surface area contributed by atoms with Crippen LogP contribution in [0, 0.1) is 6.92 Å². The molecule has 2 aromatic heterocycles. The third-order valence-corrected chi connectivity index (χ3v) is 3.84. The first-order valence-electron chi connectivity index (χ1n) is 7.69. The Hall–Kier alpha value is -2.41. The molecule has 3 heterocycles. The smallest absolute Gasteiger partial charge is 0.244 e. The van der Waals surface area contributed by atoms with Gasteiger partial charge in [-0.2, -0.15) is 5.10 Å². The predicted molar refractivity (Wildman–Crippen MR) is 86.0 cm³/mol. The monoisotopic (exact) mass is 315 g/mol. The van der Waals surface area contributed by atoms with Gasteiger partial charge in [-0.3, -0.25) is 9.48 Å². The maximum absolute atomic E-state index is 12.5. The van der Waals surface area contributed by atoms with Crippen molar-refractivity contribution in [1.82, 2.24) is 19.7 Å². The Morgan fingerprint density at radius 3 is 3.09 bits per heavy atom. The molecule has 7 heteroatoms. The van der Waals surface area contributed by atoms with Crippen LogP contribution in [0.4, 0.5) is 5.82 Å². The van der Waals surface area contributed by atoms with E-state index in [4.69, 9.17) is 4.74 Å². The zero-order valence-electron chi connectivity index (χ0n) is 13.4. The van der Waals surface area contributed by atoms with Gasteiger partial charge in [-0.1, -0.05) is 6.07 Å². The Labute approximate surface area is 135 Å². The minimum absolute atomic E-state index is 0.0474. The molecule has 0 spiro atoms. The van der Waals surface area contributed by atoms with Crippen LogP contribution in [0.5, 0.6) is 0 Å². The fourth-order valence-corrected chi connectivity index (χ4v) is 2.62. The van der Waals surface area contributed by atoms with Gasteiger partial charge >= 0.3 is 0 Å². The summed E-state index contributed by atoms with van der Waals surface area (Å²) in [6, 6.07) is 5.76. The number of morpholine rings is 1. The summed E-state index contributed by atoms with van der Waals surface area (Å²) in [4.78, 5) is 18.8. The summed E-state index contributed by atoms with van der Waals surface area (Å²) < 4.78 is 7.46. The fraction of sp³-hybridized carbons (Fsp3) is 0.438. The van der Waals surface area contributed by atoms with Gasteiger partial charge in [0.15, 0.2) is 0 Å². The van der Waals surface area contributed by atoms with Crippen LogP contribution in [0.25, 0.3) is 0 Å². The normalized spacial score (nSPS) is 18.0. The Morgan fingerprint density at radius 2 is 2.35 bits per heavy atom. The zero-order valence-corrected chi connectivity index (χ0v) is 13.4. The van der Waals surface area contributed by atoms with E-state index >= 15 is 0 Å². The first-order valence-corrected chi connectivity index (χ1v) is 7.69. The van der Waals surface area contributed by atoms with E-state index in [1.165, 1.54) is 0 Å². The van der Waals surface area contributed by atoms with Gasteiger partial charge in [0.1, 0.15) is 18.5 Å². The van der Waals surface area contributed by atoms with Crippen molar-refractivity contribution in [2.45, 2.75) is 19.6 Å². The van der Waals surface area contributed by atoms with Crippen LogP contribution in [-0.2, 0) is 16.1 Å². The van der Waals surface area contributed by atoms with Crippen LogP contribution in [-0.4, -0.2) is 52.3 Å². The van der Waals surface area contributed by atoms with Crippen LogP contribution in [0.15, 0.2) is 30.6 Å². The molecular weight excluding hydrogens is 294 g/mol. The van der Waals surface area contributed by atoms with Gasteiger partial charge in [0.25, 0.3) is 0 Å². The Kier molecular flexibility index (Phi) is 4.57. The third kappa shape index (κ3) is 3.68. The minimum Gasteiger partial charge on any atom is -0.373 e. The quantitative estimate of drug-likeness (QED) is 0.919. The van der Waals surface area contributed by atoms with Gasteiger partial charge in [0.2, 0.25) is 5.91 Å². The molecule has 23 heavy (non-hydrogen) atoms. The minimum atomic E-state index is -0.194. The number of amides is 1. The topological polar surface area (TPSA) is 72.3 Å². The van der Waals surface area contributed by atoms with Crippen molar-refractivity contribution in [2.24, 2.45) is 0 Å². The lowest BCUT2D eigenvalue weighted by Gasteiger charge is -2.32. The summed E-state index contributed by atoms with van der Waals surface area (Å²) in [5, 5.41) is 7.18. The summed E-state index contributed by atoms with van der Waals surface area (Å²) in [5.41, 5.74) is 1.88. The molecule has 1 unspecified atom stereocenters. The van der Waals surface area contributed by atoms with Gasteiger partial charge in [-0.05, 0) is 24.6 Å². The summed E-state index contributed by atoms with van der Waals surface area (Å²) in [5.74, 6) is 0.840. The second kappa shape index (κ2) is 6.78. The van der Waals surface area contributed by atoms with Gasteiger partial charge in [-0.25, -0.2) is 4.98 Å². The van der Waals surface area contributed by atoms with Crippen LogP contribution in [0.3, 0.4) is 0 Å². The SMILES string of the molecule is CNc1cccc(C2CN(C(=O)Cn3cc(C)cn3)CCO2)n1. The molecule has 0 aliphatic carbocycles. The molecule has 122 valence electrons. The van der Waals surface area contributed by atoms with Gasteiger partial charge in [-0.15, -0.1) is 0 Å². The second-order valence-corrected chi connectivity index (χ2v) is 5.61. The van der Waals surface area contributed by atoms with E-state index in [1.807, 2.05) is 43.3 Å². The molecule has 1 aliphatic rings. The number of carbonyl (C=O) groups is 1. The van der Waals surface area contributed by atoms with Crippen molar-refractivity contribution in [1.29, 1.82) is 0 Å². The lowest BCUT2D eigenvalue weighted by atomic mass is 10.2. The van der Waals surface area contributed by atoms with E-state index < -0.39 is 0 Å². The number of nitrogens with zero attached hydrogens (tertiary/aromatic N) is 4. The number of ether oxygens (including phenoxy) is 1. The highest BCUT2D eigenvalue weighted by atomic mass is 16.5. The number of aryl methyl sites for hydroxylation is 1. The molecule has 1 aliphatic heterocycles. The summed E-state index contributed by atoms with van der Waals surface area (Å²) in [6.45, 7) is 3.84. The predicted octanol–water partition coefficient (Wildman–Crippen LogP) is 1.23. The van der Waals surface area contributed by atoms with E-state index in [2.05, 4.69) is 15.4 Å². The van der Waals surface area contributed by atoms with Crippen LogP contribution >= 0.6 is 0 Å². The van der Waals surface area contributed by atoms with E-state index in [1.54, 1.807) is 10.9 Å². The third-order valence-electron chi connectivity index (χ3n) is 3.84. The van der Waals surface area contributed by atoms with Crippen LogP contribution in [0.2, 0.25) is 0 Å². The number of carbonyl (C=O) groups excluding carboxylic acids is 1. The van der Waals surface area contributed by atoms with E-state index in [-0.39, 0.29) is 18.6 Å². The lowest BCUT2D eigenvalue weighted by molar-refractivity contribution is -0.140. The zero-order chi connectivity index (χ0) is 16.2. The number of hydrogen-bond donors (Lipinski definition) is 1. The number of hydrogen-bond acceptors (Lipinski definition) is 5. The molecule has 7 nitrogen and oxygen atoms in total. The summed E-state index contributed by atoms with van der Waals surface area (Å²) in [6.07, 6.45) is 3.43. The van der Waals surface area contributed by atoms with Crippen molar-refractivity contribution in [3.05, 3.63) is 41.9 Å². The standard InChI is InChI=1S/C16H21N5O2/c1-12-8-18-21(9-12)11-16(22)20-6-7-23-14(10-20)13-4-3-5-15(17-2)19-13/h3-5,8-9,14H,6-7,10-11H2,1-2H3,(H,17,19). The van der Waals surface area contributed by atoms with Crippen LogP contribution in [0.1, 0.15) is 17.4 Å². The molecule has 0 saturated carbocycles. The first-order chi connectivity index (χ1) is 11.2. The molecule has 0 bridgehead atoms. The fourth-order valence-electron chi connectivity index (χ4n) is 2.62. The maximum Gasteiger partial charge on any atom is 0.244 e. The van der Waals surface area contributed by atoms with E-state index in [9.17, 15) is 4.79 Å². The molecule has 2 aromatic rings. The number of nitrogens with one attached hydrogen (secondary N) is 1. The van der Waals surface area contributed by atoms with Gasteiger partial charge in [0.05, 0.1) is 25.0 Å². The number of anilines is 1. The Bertz CT molecular complexity index is 685. The molecule has 1 atom stereocenters. The Morgan fingerprint density at radius 1 is 1.48 bits per heavy atom. The van der Waals surface area contributed by atoms with Crippen LogP contribution < -0.4 is 5.32 Å². The average Bonchev–Trinajstić information content (AvgIpc) is 3.00. The highest BCUT2D eigenvalue weighted by Gasteiger charge is 2.26. The van der Waals surface area contributed by atoms with E-state index in [0.717, 1.165) is 17.1 Å². The van der Waals surface area contributed by atoms with Crippen molar-refractivity contribution >= 4 is 11.7 Å². The molecule has 1 amide bonds. The second-order valence-electron chi connectivity index (χ2n) is 5.61. The van der Waals surface area contributed by atoms with Gasteiger partial charge in [0, 0.05) is 19.8 Å². The molecular formula is C16H21N5O2. The van der Waals surface area contributed by atoms with Gasteiger partial charge < -0.3 is 15.0 Å². The Balaban J connectivity index is 1.66. The highest BCUT2D eigenvalue weighted by molar-refractivity contribution is 5.76. The molecule has 1 saturated heterocycles. The van der Waals surface area contributed by atoms with Crippen molar-refractivity contribution in [2.75, 3.05) is 32.1 Å². The summed E-state index contributed by atoms with van der Waals surface area (Å²) >= 11 is 0. The molecule has 1 fully saturated rings. The largest absolute Gasteiger partial charge is 0.373 e. The van der Waals surface area contributed by atoms with Crippen molar-refractivity contribution < 1.29 is 9.53 Å². The molecule has 0 aromatic carbocycles. The number of rotatable bonds is 4. The van der Waals surface area contributed by atoms with E-state index in [0.29, 0.717) is 19.7 Å². The highest BCUT2D eigenvalue weighted by Crippen LogP contribution is 2.22. The number of aromatic nitrogens is 3. The lowest BCUT2D eigenvalue weighted by Crippen LogP contribution is -2.43. The first kappa shape index (κ1) is 15.5. The maximum atomic E-state index is 12.5. The van der Waals surface area contributed by atoms with Crippen molar-refractivity contribution in [3.63, 3.8) is 0 Å². The average molecular weight is 315 g/mol. The summed E-state index contributed by atoms with van der Waals surface area (Å²) in [7, 11) is 1.83. The number of pyridine rings is 1. The van der Waals surface area contributed by atoms with Crippen molar-refractivity contribution in [3.8, 4) is 0 Å². The molecule has 1 N–H and O–H groups in total. The molecule has 3 rings (SSSR count). The molecule has 0 radical (unpaired) electrons.